The zero-order valence-corrected chi connectivity index (χ0v) is 18.0. The summed E-state index contributed by atoms with van der Waals surface area (Å²) in [6.07, 6.45) is 12.5. The molecule has 0 unspecified atom stereocenters. The number of carbonyl (C=O) groups excluding carboxylic acids is 3. The average Bonchev–Trinajstić information content (AvgIpc) is 2.96. The zero-order valence-electron chi connectivity index (χ0n) is 18.0. The summed E-state index contributed by atoms with van der Waals surface area (Å²) in [6, 6.07) is 0. The van der Waals surface area contributed by atoms with Crippen LogP contribution in [0.2, 0.25) is 0 Å². The Morgan fingerprint density at radius 3 is 2.72 bits per heavy atom. The molecule has 4 aliphatic rings. The minimum Gasteiger partial charge on any atom is -0.469 e. The molecule has 156 valence electrons. The van der Waals surface area contributed by atoms with Crippen LogP contribution < -0.4 is 0 Å². The Balaban J connectivity index is 1.63. The van der Waals surface area contributed by atoms with E-state index < -0.39 is 0 Å². The molecule has 0 N–H and O–H groups in total. The van der Waals surface area contributed by atoms with Crippen molar-refractivity contribution in [2.75, 3.05) is 7.11 Å². The fourth-order valence-electron chi connectivity index (χ4n) is 7.06. The monoisotopic (exact) mass is 396 g/mol. The van der Waals surface area contributed by atoms with Crippen molar-refractivity contribution in [2.45, 2.75) is 59.3 Å². The van der Waals surface area contributed by atoms with E-state index >= 15 is 0 Å². The highest BCUT2D eigenvalue weighted by Gasteiger charge is 2.59. The molecule has 29 heavy (non-hydrogen) atoms. The molecule has 4 heteroatoms. The largest absolute Gasteiger partial charge is 0.469 e. The second-order valence-corrected chi connectivity index (χ2v) is 9.96. The van der Waals surface area contributed by atoms with Gasteiger partial charge in [-0.15, -0.1) is 0 Å². The first kappa shape index (κ1) is 20.3. The Kier molecular flexibility index (Phi) is 4.95. The number of hydrogen-bond acceptors (Lipinski definition) is 4. The number of ether oxygens (including phenoxy) is 1. The molecular weight excluding hydrogens is 364 g/mol. The summed E-state index contributed by atoms with van der Waals surface area (Å²) in [6.45, 7) is 6.75. The molecule has 4 nitrogen and oxygen atoms in total. The lowest BCUT2D eigenvalue weighted by Crippen LogP contribution is -2.45. The summed E-state index contributed by atoms with van der Waals surface area (Å²) in [5.74, 6) is 1.29. The fourth-order valence-corrected chi connectivity index (χ4v) is 7.06. The summed E-state index contributed by atoms with van der Waals surface area (Å²) in [5.41, 5.74) is 2.50. The van der Waals surface area contributed by atoms with Gasteiger partial charge in [-0.1, -0.05) is 37.1 Å². The molecule has 0 spiro atoms. The van der Waals surface area contributed by atoms with Gasteiger partial charge >= 0.3 is 5.97 Å². The summed E-state index contributed by atoms with van der Waals surface area (Å²) < 4.78 is 4.73. The van der Waals surface area contributed by atoms with Crippen molar-refractivity contribution in [3.05, 3.63) is 35.5 Å². The number of esters is 1. The van der Waals surface area contributed by atoms with Gasteiger partial charge in [0.1, 0.15) is 5.78 Å². The van der Waals surface area contributed by atoms with E-state index in [1.165, 1.54) is 18.3 Å². The van der Waals surface area contributed by atoms with Crippen molar-refractivity contribution >= 4 is 17.5 Å². The van der Waals surface area contributed by atoms with Crippen LogP contribution in [0.4, 0.5) is 0 Å². The third-order valence-corrected chi connectivity index (χ3v) is 8.44. The van der Waals surface area contributed by atoms with Crippen LogP contribution in [0.1, 0.15) is 59.3 Å². The summed E-state index contributed by atoms with van der Waals surface area (Å²) in [5, 5.41) is 0. The number of ketones is 2. The molecule has 4 aliphatic carbocycles. The maximum atomic E-state index is 13.1. The molecule has 0 bridgehead atoms. The molecule has 0 aromatic rings. The molecule has 0 aliphatic heterocycles. The second-order valence-electron chi connectivity index (χ2n) is 9.96. The maximum Gasteiger partial charge on any atom is 0.305 e. The van der Waals surface area contributed by atoms with Crippen LogP contribution in [0.3, 0.4) is 0 Å². The average molecular weight is 397 g/mol. The van der Waals surface area contributed by atoms with Gasteiger partial charge in [-0.25, -0.2) is 0 Å². The van der Waals surface area contributed by atoms with Crippen LogP contribution in [0, 0.1) is 34.5 Å². The molecule has 4 rings (SSSR count). The van der Waals surface area contributed by atoms with E-state index in [0.29, 0.717) is 17.8 Å². The van der Waals surface area contributed by atoms with Crippen LogP contribution in [0.5, 0.6) is 0 Å². The van der Waals surface area contributed by atoms with E-state index in [1.807, 2.05) is 6.08 Å². The SMILES string of the molecule is COC(=O)CCC(=O)[C@H]1[C@H](C)C[C@H]2[C@@H]3CCC4=CC(=O)C=C[C@]4(C)C3=CC[C@@]21C. The van der Waals surface area contributed by atoms with Crippen molar-refractivity contribution in [1.29, 1.82) is 0 Å². The molecule has 6 atom stereocenters. The molecule has 0 saturated heterocycles. The van der Waals surface area contributed by atoms with Gasteiger partial charge < -0.3 is 4.74 Å². The fraction of sp³-hybridized carbons (Fsp3) is 0.640. The number of carbonyl (C=O) groups is 3. The van der Waals surface area contributed by atoms with Crippen molar-refractivity contribution < 1.29 is 19.1 Å². The first-order chi connectivity index (χ1) is 13.7. The Morgan fingerprint density at radius 2 is 2.00 bits per heavy atom. The topological polar surface area (TPSA) is 60.4 Å². The Labute approximate surface area is 173 Å². The van der Waals surface area contributed by atoms with Crippen LogP contribution in [-0.4, -0.2) is 24.6 Å². The number of rotatable bonds is 4. The molecule has 0 heterocycles. The number of hydrogen-bond donors (Lipinski definition) is 0. The van der Waals surface area contributed by atoms with Gasteiger partial charge in [0.2, 0.25) is 0 Å². The lowest BCUT2D eigenvalue weighted by atomic mass is 9.52. The first-order valence-corrected chi connectivity index (χ1v) is 10.9. The molecule has 0 aromatic heterocycles. The highest BCUT2D eigenvalue weighted by Crippen LogP contribution is 2.65. The quantitative estimate of drug-likeness (QED) is 0.515. The maximum absolute atomic E-state index is 13.1. The lowest BCUT2D eigenvalue weighted by molar-refractivity contribution is -0.143. The summed E-state index contributed by atoms with van der Waals surface area (Å²) in [4.78, 5) is 36.6. The van der Waals surface area contributed by atoms with Crippen LogP contribution in [-0.2, 0) is 19.1 Å². The standard InChI is InChI=1S/C25H32O4/c1-15-13-20-18-6-5-16-14-17(26)9-11-24(16,2)19(18)10-12-25(20,3)23(15)21(27)7-8-22(28)29-4/h9-11,14-15,18,20,23H,5-8,12-13H2,1-4H3/t15-,18-,20+,23-,24+,25+/m1/s1. The van der Waals surface area contributed by atoms with Gasteiger partial charge in [0.15, 0.2) is 5.78 Å². The van der Waals surface area contributed by atoms with Crippen molar-refractivity contribution in [1.82, 2.24) is 0 Å². The molecule has 0 radical (unpaired) electrons. The van der Waals surface area contributed by atoms with Gasteiger partial charge in [0, 0.05) is 17.8 Å². The molecule has 2 saturated carbocycles. The third-order valence-electron chi connectivity index (χ3n) is 8.44. The molecule has 2 fully saturated rings. The predicted octanol–water partition coefficient (Wildman–Crippen LogP) is 4.60. The third kappa shape index (κ3) is 3.06. The Morgan fingerprint density at radius 1 is 1.24 bits per heavy atom. The van der Waals surface area contributed by atoms with E-state index in [0.717, 1.165) is 25.7 Å². The molecule has 0 aromatic carbocycles. The highest BCUT2D eigenvalue weighted by atomic mass is 16.5. The van der Waals surface area contributed by atoms with E-state index in [-0.39, 0.29) is 47.1 Å². The van der Waals surface area contributed by atoms with Gasteiger partial charge in [-0.3, -0.25) is 14.4 Å². The van der Waals surface area contributed by atoms with E-state index in [4.69, 9.17) is 4.74 Å². The number of allylic oxidation sites excluding steroid dienone is 6. The van der Waals surface area contributed by atoms with Gasteiger partial charge in [-0.05, 0) is 67.9 Å². The second kappa shape index (κ2) is 7.07. The minimum absolute atomic E-state index is 0.00294. The number of Topliss-reactive ketones (excluding diaryl/α,β-unsaturated/α-hetero) is 1. The zero-order chi connectivity index (χ0) is 21.0. The van der Waals surface area contributed by atoms with Crippen molar-refractivity contribution in [2.24, 2.45) is 34.5 Å². The molecule has 0 amide bonds. The number of fused-ring (bicyclic) bond motifs is 5. The predicted molar refractivity (Wildman–Crippen MR) is 111 cm³/mol. The van der Waals surface area contributed by atoms with E-state index in [2.05, 4.69) is 32.9 Å². The lowest BCUT2D eigenvalue weighted by Gasteiger charge is -2.52. The van der Waals surface area contributed by atoms with Crippen LogP contribution in [0.15, 0.2) is 35.5 Å². The summed E-state index contributed by atoms with van der Waals surface area (Å²) >= 11 is 0. The van der Waals surface area contributed by atoms with Crippen LogP contribution >= 0.6 is 0 Å². The van der Waals surface area contributed by atoms with E-state index in [1.54, 1.807) is 6.08 Å². The van der Waals surface area contributed by atoms with Gasteiger partial charge in [0.25, 0.3) is 0 Å². The van der Waals surface area contributed by atoms with Crippen molar-refractivity contribution in [3.8, 4) is 0 Å². The molecular formula is C25H32O4. The Bertz CT molecular complexity index is 847. The minimum atomic E-state index is -0.310. The number of methoxy groups -OCH3 is 1. The van der Waals surface area contributed by atoms with Crippen molar-refractivity contribution in [3.63, 3.8) is 0 Å². The summed E-state index contributed by atoms with van der Waals surface area (Å²) in [7, 11) is 1.37. The van der Waals surface area contributed by atoms with E-state index in [9.17, 15) is 14.4 Å². The normalized spacial score (nSPS) is 40.3. The highest BCUT2D eigenvalue weighted by molar-refractivity contribution is 6.01. The first-order valence-electron chi connectivity index (χ1n) is 10.9. The van der Waals surface area contributed by atoms with Gasteiger partial charge in [0.05, 0.1) is 13.5 Å². The van der Waals surface area contributed by atoms with Gasteiger partial charge in [-0.2, -0.15) is 0 Å². The smallest absolute Gasteiger partial charge is 0.305 e. The Hall–Kier alpha value is -1.97. The van der Waals surface area contributed by atoms with Crippen LogP contribution in [0.25, 0.3) is 0 Å².